The average molecular weight is 565 g/mol. The molecule has 2 rings (SSSR count). The van der Waals surface area contributed by atoms with Crippen LogP contribution in [0.25, 0.3) is 0 Å². The van der Waals surface area contributed by atoms with Gasteiger partial charge in [0.05, 0.1) is 0 Å². The topological polar surface area (TPSA) is 47.9 Å². The summed E-state index contributed by atoms with van der Waals surface area (Å²) in [6, 6.07) is 10.1. The van der Waals surface area contributed by atoms with Crippen LogP contribution in [0, 0.1) is 0 Å². The molecule has 0 radical (unpaired) electrons. The van der Waals surface area contributed by atoms with Gasteiger partial charge in [-0.25, -0.2) is 0 Å². The van der Waals surface area contributed by atoms with Crippen molar-refractivity contribution < 1.29 is 4.79 Å². The zero-order valence-electron chi connectivity index (χ0n) is 15.8. The number of carbonyl (C=O) groups excluding carboxylic acids is 1. The second-order valence-electron chi connectivity index (χ2n) is 6.05. The molecule has 0 aliphatic carbocycles. The second-order valence-corrected chi connectivity index (χ2v) is 7.69. The first-order valence-electron chi connectivity index (χ1n) is 8.41. The van der Waals surface area contributed by atoms with Crippen molar-refractivity contribution in [1.82, 2.24) is 15.1 Å². The first-order chi connectivity index (χ1) is 12.5. The van der Waals surface area contributed by atoms with Crippen LogP contribution < -0.4 is 5.32 Å². The van der Waals surface area contributed by atoms with E-state index in [9.17, 15) is 4.79 Å². The number of carbonyl (C=O) groups is 1. The fourth-order valence-corrected chi connectivity index (χ4v) is 3.63. The summed E-state index contributed by atoms with van der Waals surface area (Å²) in [5.41, 5.74) is 2.35. The minimum Gasteiger partial charge on any atom is -0.356 e. The third-order valence-corrected chi connectivity index (χ3v) is 5.49. The standard InChI is InChI=1S/C19H25BrN4OS.HI/c1-21-19(24(3)12-15-9-11-26-14-15)22-10-8-18(25)23(2)13-16-6-4-5-7-17(16)20;/h4-7,9,11,14H,8,10,12-13H2,1-3H3,(H,21,22);1H. The lowest BCUT2D eigenvalue weighted by Crippen LogP contribution is -2.40. The number of halogens is 2. The Balaban J connectivity index is 0.00000364. The summed E-state index contributed by atoms with van der Waals surface area (Å²) < 4.78 is 1.02. The Morgan fingerprint density at radius 2 is 1.93 bits per heavy atom. The summed E-state index contributed by atoms with van der Waals surface area (Å²) in [4.78, 5) is 20.5. The molecule has 0 saturated heterocycles. The maximum absolute atomic E-state index is 12.4. The SMILES string of the molecule is CN=C(NCCC(=O)N(C)Cc1ccccc1Br)N(C)Cc1ccsc1.I. The van der Waals surface area contributed by atoms with Crippen molar-refractivity contribution in [3.8, 4) is 0 Å². The van der Waals surface area contributed by atoms with Gasteiger partial charge < -0.3 is 15.1 Å². The van der Waals surface area contributed by atoms with Gasteiger partial charge in [0, 0.05) is 51.7 Å². The molecule has 0 bridgehead atoms. The van der Waals surface area contributed by atoms with Gasteiger partial charge in [0.1, 0.15) is 0 Å². The van der Waals surface area contributed by atoms with E-state index in [-0.39, 0.29) is 29.9 Å². The maximum atomic E-state index is 12.4. The molecule has 0 atom stereocenters. The Morgan fingerprint density at radius 3 is 2.56 bits per heavy atom. The van der Waals surface area contributed by atoms with Crippen molar-refractivity contribution in [3.05, 3.63) is 56.7 Å². The number of hydrogen-bond donors (Lipinski definition) is 1. The molecule has 0 saturated carbocycles. The molecule has 27 heavy (non-hydrogen) atoms. The van der Waals surface area contributed by atoms with Gasteiger partial charge in [0.15, 0.2) is 5.96 Å². The number of benzene rings is 1. The van der Waals surface area contributed by atoms with Crippen LogP contribution >= 0.6 is 51.2 Å². The third kappa shape index (κ3) is 7.79. The van der Waals surface area contributed by atoms with E-state index in [2.05, 4.69) is 48.0 Å². The van der Waals surface area contributed by atoms with Crippen LogP contribution in [-0.4, -0.2) is 49.4 Å². The van der Waals surface area contributed by atoms with Crippen molar-refractivity contribution in [2.75, 3.05) is 27.7 Å². The van der Waals surface area contributed by atoms with Gasteiger partial charge in [-0.05, 0) is 34.0 Å². The van der Waals surface area contributed by atoms with Gasteiger partial charge in [-0.3, -0.25) is 9.79 Å². The van der Waals surface area contributed by atoms with Crippen LogP contribution in [0.5, 0.6) is 0 Å². The molecule has 1 aromatic carbocycles. The Hall–Kier alpha value is -1.13. The van der Waals surface area contributed by atoms with Gasteiger partial charge >= 0.3 is 0 Å². The van der Waals surface area contributed by atoms with Crippen molar-refractivity contribution in [2.24, 2.45) is 4.99 Å². The first kappa shape index (κ1) is 23.9. The molecule has 1 heterocycles. The summed E-state index contributed by atoms with van der Waals surface area (Å²) in [5.74, 6) is 0.890. The number of nitrogens with zero attached hydrogens (tertiary/aromatic N) is 3. The predicted octanol–water partition coefficient (Wildman–Crippen LogP) is 4.18. The van der Waals surface area contributed by atoms with E-state index >= 15 is 0 Å². The Morgan fingerprint density at radius 1 is 1.19 bits per heavy atom. The lowest BCUT2D eigenvalue weighted by molar-refractivity contribution is -0.130. The third-order valence-electron chi connectivity index (χ3n) is 3.99. The first-order valence-corrected chi connectivity index (χ1v) is 10.1. The lowest BCUT2D eigenvalue weighted by atomic mass is 10.2. The number of thiophene rings is 1. The number of hydrogen-bond acceptors (Lipinski definition) is 3. The van der Waals surface area contributed by atoms with Gasteiger partial charge in [-0.2, -0.15) is 11.3 Å². The summed E-state index contributed by atoms with van der Waals surface area (Å²) in [5, 5.41) is 7.46. The maximum Gasteiger partial charge on any atom is 0.224 e. The number of rotatable bonds is 7. The molecule has 1 N–H and O–H groups in total. The normalized spacial score (nSPS) is 10.9. The highest BCUT2D eigenvalue weighted by Crippen LogP contribution is 2.17. The second kappa shape index (κ2) is 12.4. The number of guanidine groups is 1. The Bertz CT molecular complexity index is 739. The summed E-state index contributed by atoms with van der Waals surface area (Å²) in [7, 11) is 5.58. The highest BCUT2D eigenvalue weighted by Gasteiger charge is 2.12. The van der Waals surface area contributed by atoms with E-state index < -0.39 is 0 Å². The van der Waals surface area contributed by atoms with Crippen LogP contribution in [0.1, 0.15) is 17.5 Å². The van der Waals surface area contributed by atoms with E-state index in [1.165, 1.54) is 5.56 Å². The average Bonchev–Trinajstić information content (AvgIpc) is 3.13. The molecule has 5 nitrogen and oxygen atoms in total. The van der Waals surface area contributed by atoms with Crippen LogP contribution in [0.15, 0.2) is 50.6 Å². The van der Waals surface area contributed by atoms with Crippen molar-refractivity contribution in [1.29, 1.82) is 0 Å². The van der Waals surface area contributed by atoms with Gasteiger partial charge in [-0.1, -0.05) is 34.1 Å². The van der Waals surface area contributed by atoms with Crippen LogP contribution in [0.4, 0.5) is 0 Å². The minimum atomic E-state index is 0. The van der Waals surface area contributed by atoms with Gasteiger partial charge in [0.25, 0.3) is 0 Å². The molecule has 0 spiro atoms. The van der Waals surface area contributed by atoms with Crippen LogP contribution in [0.3, 0.4) is 0 Å². The minimum absolute atomic E-state index is 0. The van der Waals surface area contributed by atoms with E-state index in [4.69, 9.17) is 0 Å². The molecule has 0 aliphatic rings. The summed E-state index contributed by atoms with van der Waals surface area (Å²) in [6.07, 6.45) is 0.423. The molecule has 0 aliphatic heterocycles. The Kier molecular flexibility index (Phi) is 10.9. The summed E-state index contributed by atoms with van der Waals surface area (Å²) >= 11 is 5.21. The molecule has 2 aromatic rings. The molecular formula is C19H26BrIN4OS. The summed E-state index contributed by atoms with van der Waals surface area (Å²) in [6.45, 7) is 1.94. The van der Waals surface area contributed by atoms with Crippen LogP contribution in [0.2, 0.25) is 0 Å². The zero-order chi connectivity index (χ0) is 18.9. The van der Waals surface area contributed by atoms with Gasteiger partial charge in [-0.15, -0.1) is 24.0 Å². The van der Waals surface area contributed by atoms with E-state index in [1.807, 2.05) is 38.4 Å². The molecule has 1 aromatic heterocycles. The highest BCUT2D eigenvalue weighted by molar-refractivity contribution is 14.0. The number of nitrogens with one attached hydrogen (secondary N) is 1. The van der Waals surface area contributed by atoms with E-state index in [0.717, 1.165) is 22.5 Å². The Labute approximate surface area is 191 Å². The highest BCUT2D eigenvalue weighted by atomic mass is 127. The van der Waals surface area contributed by atoms with E-state index in [0.29, 0.717) is 19.5 Å². The lowest BCUT2D eigenvalue weighted by Gasteiger charge is -2.22. The van der Waals surface area contributed by atoms with Crippen molar-refractivity contribution >= 4 is 63.1 Å². The van der Waals surface area contributed by atoms with E-state index in [1.54, 1.807) is 23.3 Å². The number of aliphatic imine (C=N–C) groups is 1. The molecule has 0 fully saturated rings. The largest absolute Gasteiger partial charge is 0.356 e. The molecule has 8 heteroatoms. The fourth-order valence-electron chi connectivity index (χ4n) is 2.56. The smallest absolute Gasteiger partial charge is 0.224 e. The van der Waals surface area contributed by atoms with Crippen molar-refractivity contribution in [3.63, 3.8) is 0 Å². The molecule has 0 unspecified atom stereocenters. The quantitative estimate of drug-likeness (QED) is 0.312. The fraction of sp³-hybridized carbons (Fsp3) is 0.368. The monoisotopic (exact) mass is 564 g/mol. The predicted molar refractivity (Wildman–Crippen MR) is 128 cm³/mol. The van der Waals surface area contributed by atoms with Gasteiger partial charge in [0.2, 0.25) is 5.91 Å². The molecule has 148 valence electrons. The number of amides is 1. The van der Waals surface area contributed by atoms with Crippen molar-refractivity contribution in [2.45, 2.75) is 19.5 Å². The molecular weight excluding hydrogens is 539 g/mol. The van der Waals surface area contributed by atoms with Crippen LogP contribution in [-0.2, 0) is 17.9 Å². The molecule has 1 amide bonds. The zero-order valence-corrected chi connectivity index (χ0v) is 20.5.